The van der Waals surface area contributed by atoms with Crippen molar-refractivity contribution in [2.75, 3.05) is 0 Å². The lowest BCUT2D eigenvalue weighted by Gasteiger charge is -2.40. The van der Waals surface area contributed by atoms with Gasteiger partial charge in [-0.05, 0) is 62.5 Å². The fraction of sp³-hybridized carbons (Fsp3) is 0.667. The lowest BCUT2D eigenvalue weighted by molar-refractivity contribution is 0.000447. The van der Waals surface area contributed by atoms with Crippen LogP contribution in [0.2, 0.25) is 6.82 Å². The fourth-order valence-electron chi connectivity index (χ4n) is 3.08. The molecule has 0 saturated heterocycles. The van der Waals surface area contributed by atoms with Gasteiger partial charge < -0.3 is 15.1 Å². The standard InChI is InChI=1S/C21H34BNO3/c1-20(2,3)21(4,5)26-22(6)16-9-7-15(8-10-16)19(25)23-17-11-13-18(24)14-12-17/h7-10,17-18,24H,11-14H2,1-6H3,(H,23,25). The van der Waals surface area contributed by atoms with Crippen LogP contribution in [0.4, 0.5) is 0 Å². The Labute approximate surface area is 158 Å². The molecule has 1 fully saturated rings. The molecule has 144 valence electrons. The molecule has 1 aliphatic rings. The summed E-state index contributed by atoms with van der Waals surface area (Å²) in [5.41, 5.74) is 1.52. The fourth-order valence-corrected chi connectivity index (χ4v) is 3.08. The molecule has 1 aromatic carbocycles. The van der Waals surface area contributed by atoms with Crippen molar-refractivity contribution in [2.24, 2.45) is 5.41 Å². The monoisotopic (exact) mass is 359 g/mol. The molecular formula is C21H34BNO3. The first-order valence-corrected chi connectivity index (χ1v) is 9.76. The zero-order valence-electron chi connectivity index (χ0n) is 17.1. The van der Waals surface area contributed by atoms with Crippen LogP contribution in [0.25, 0.3) is 0 Å². The Kier molecular flexibility index (Phi) is 6.57. The summed E-state index contributed by atoms with van der Waals surface area (Å²) in [6.07, 6.45) is 3.02. The molecular weight excluding hydrogens is 325 g/mol. The molecule has 1 saturated carbocycles. The molecule has 1 amide bonds. The third-order valence-electron chi connectivity index (χ3n) is 5.95. The molecule has 0 spiro atoms. The van der Waals surface area contributed by atoms with Gasteiger partial charge in [-0.15, -0.1) is 0 Å². The Balaban J connectivity index is 1.96. The van der Waals surface area contributed by atoms with Crippen LogP contribution in [-0.2, 0) is 4.65 Å². The van der Waals surface area contributed by atoms with Crippen LogP contribution < -0.4 is 10.8 Å². The number of rotatable bonds is 5. The average Bonchev–Trinajstić information content (AvgIpc) is 2.55. The highest BCUT2D eigenvalue weighted by Gasteiger charge is 2.36. The molecule has 0 radical (unpaired) electrons. The van der Waals surface area contributed by atoms with E-state index in [1.54, 1.807) is 0 Å². The van der Waals surface area contributed by atoms with Gasteiger partial charge in [0.1, 0.15) is 0 Å². The van der Waals surface area contributed by atoms with E-state index in [0.29, 0.717) is 5.56 Å². The van der Waals surface area contributed by atoms with Crippen molar-refractivity contribution in [3.05, 3.63) is 29.8 Å². The van der Waals surface area contributed by atoms with Gasteiger partial charge in [-0.2, -0.15) is 0 Å². The summed E-state index contributed by atoms with van der Waals surface area (Å²) in [4.78, 5) is 12.4. The number of benzene rings is 1. The van der Waals surface area contributed by atoms with Gasteiger partial charge in [0.15, 0.2) is 0 Å². The first-order valence-electron chi connectivity index (χ1n) is 9.76. The van der Waals surface area contributed by atoms with Gasteiger partial charge in [-0.25, -0.2) is 0 Å². The third-order valence-corrected chi connectivity index (χ3v) is 5.95. The number of aliphatic hydroxyl groups excluding tert-OH is 1. The quantitative estimate of drug-likeness (QED) is 0.793. The normalized spacial score (nSPS) is 21.3. The number of aliphatic hydroxyl groups is 1. The van der Waals surface area contributed by atoms with Gasteiger partial charge in [0.2, 0.25) is 0 Å². The second kappa shape index (κ2) is 8.14. The second-order valence-electron chi connectivity index (χ2n) is 9.12. The zero-order valence-corrected chi connectivity index (χ0v) is 17.1. The summed E-state index contributed by atoms with van der Waals surface area (Å²) in [7, 11) is 0. The molecule has 0 aliphatic heterocycles. The first-order chi connectivity index (χ1) is 12.0. The molecule has 0 heterocycles. The lowest BCUT2D eigenvalue weighted by atomic mass is 9.62. The van der Waals surface area contributed by atoms with Crippen molar-refractivity contribution in [3.63, 3.8) is 0 Å². The summed E-state index contributed by atoms with van der Waals surface area (Å²) < 4.78 is 6.30. The van der Waals surface area contributed by atoms with E-state index in [1.165, 1.54) is 0 Å². The zero-order chi connectivity index (χ0) is 19.5. The molecule has 26 heavy (non-hydrogen) atoms. The summed E-state index contributed by atoms with van der Waals surface area (Å²) in [6, 6.07) is 7.85. The molecule has 4 nitrogen and oxygen atoms in total. The van der Waals surface area contributed by atoms with E-state index in [1.807, 2.05) is 24.3 Å². The van der Waals surface area contributed by atoms with Gasteiger partial charge >= 0.3 is 6.92 Å². The number of carbonyl (C=O) groups excluding carboxylic acids is 1. The molecule has 1 aromatic rings. The van der Waals surface area contributed by atoms with Crippen LogP contribution in [0.1, 0.15) is 70.7 Å². The summed E-state index contributed by atoms with van der Waals surface area (Å²) in [5.74, 6) is -0.0402. The second-order valence-corrected chi connectivity index (χ2v) is 9.12. The average molecular weight is 359 g/mol. The minimum absolute atomic E-state index is 0.0364. The molecule has 2 rings (SSSR count). The highest BCUT2D eigenvalue weighted by molar-refractivity contribution is 6.66. The van der Waals surface area contributed by atoms with Crippen LogP contribution in [0.15, 0.2) is 24.3 Å². The van der Waals surface area contributed by atoms with Crippen LogP contribution in [0.5, 0.6) is 0 Å². The van der Waals surface area contributed by atoms with E-state index in [4.69, 9.17) is 4.65 Å². The lowest BCUT2D eigenvalue weighted by Crippen LogP contribution is -2.47. The number of amides is 1. The Morgan fingerprint density at radius 2 is 1.62 bits per heavy atom. The molecule has 0 unspecified atom stereocenters. The minimum Gasteiger partial charge on any atom is -0.426 e. The van der Waals surface area contributed by atoms with E-state index in [2.05, 4.69) is 46.8 Å². The molecule has 0 atom stereocenters. The Morgan fingerprint density at radius 1 is 1.08 bits per heavy atom. The Bertz CT molecular complexity index is 599. The van der Waals surface area contributed by atoms with Gasteiger partial charge in [-0.3, -0.25) is 4.79 Å². The summed E-state index contributed by atoms with van der Waals surface area (Å²) >= 11 is 0. The van der Waals surface area contributed by atoms with Gasteiger partial charge in [0.25, 0.3) is 5.91 Å². The summed E-state index contributed by atoms with van der Waals surface area (Å²) in [5, 5.41) is 12.6. The first kappa shape index (κ1) is 21.0. The van der Waals surface area contributed by atoms with Crippen molar-refractivity contribution in [3.8, 4) is 0 Å². The number of hydrogen-bond donors (Lipinski definition) is 2. The van der Waals surface area contributed by atoms with Crippen LogP contribution in [0, 0.1) is 5.41 Å². The van der Waals surface area contributed by atoms with Crippen LogP contribution >= 0.6 is 0 Å². The molecule has 0 bridgehead atoms. The Morgan fingerprint density at radius 3 is 2.12 bits per heavy atom. The summed E-state index contributed by atoms with van der Waals surface area (Å²) in [6.45, 7) is 12.8. The predicted molar refractivity (Wildman–Crippen MR) is 108 cm³/mol. The Hall–Kier alpha value is -1.33. The largest absolute Gasteiger partial charge is 0.426 e. The minimum atomic E-state index is -0.256. The van der Waals surface area contributed by atoms with Crippen molar-refractivity contribution in [1.82, 2.24) is 5.32 Å². The van der Waals surface area contributed by atoms with E-state index in [9.17, 15) is 9.90 Å². The van der Waals surface area contributed by atoms with Crippen molar-refractivity contribution in [1.29, 1.82) is 0 Å². The maximum Gasteiger partial charge on any atom is 0.324 e. The SMILES string of the molecule is CB(OC(C)(C)C(C)(C)C)c1ccc(C(=O)NC2CCC(O)CC2)cc1. The van der Waals surface area contributed by atoms with Crippen LogP contribution in [-0.4, -0.2) is 35.7 Å². The van der Waals surface area contributed by atoms with E-state index in [-0.39, 0.29) is 36.0 Å². The molecule has 5 heteroatoms. The van der Waals surface area contributed by atoms with Crippen molar-refractivity contribution >= 4 is 18.3 Å². The van der Waals surface area contributed by atoms with Gasteiger partial charge in [0.05, 0.1) is 11.7 Å². The molecule has 0 aromatic heterocycles. The molecule has 2 N–H and O–H groups in total. The number of nitrogens with one attached hydrogen (secondary N) is 1. The highest BCUT2D eigenvalue weighted by atomic mass is 16.5. The smallest absolute Gasteiger partial charge is 0.324 e. The highest BCUT2D eigenvalue weighted by Crippen LogP contribution is 2.33. The third kappa shape index (κ3) is 5.34. The van der Waals surface area contributed by atoms with Gasteiger partial charge in [-0.1, -0.05) is 39.7 Å². The van der Waals surface area contributed by atoms with E-state index >= 15 is 0 Å². The molecule has 1 aliphatic carbocycles. The van der Waals surface area contributed by atoms with E-state index in [0.717, 1.165) is 31.1 Å². The van der Waals surface area contributed by atoms with Gasteiger partial charge in [0, 0.05) is 11.6 Å². The topological polar surface area (TPSA) is 58.6 Å². The maximum absolute atomic E-state index is 12.4. The van der Waals surface area contributed by atoms with Crippen LogP contribution in [0.3, 0.4) is 0 Å². The maximum atomic E-state index is 12.4. The van der Waals surface area contributed by atoms with E-state index < -0.39 is 0 Å². The number of carbonyl (C=O) groups is 1. The van der Waals surface area contributed by atoms with Crippen molar-refractivity contribution < 1.29 is 14.6 Å². The predicted octanol–water partition coefficient (Wildman–Crippen LogP) is 3.39. The number of hydrogen-bond acceptors (Lipinski definition) is 3. The van der Waals surface area contributed by atoms with Crippen molar-refractivity contribution in [2.45, 2.75) is 84.9 Å².